The first-order chi connectivity index (χ1) is 10.0. The van der Waals surface area contributed by atoms with Gasteiger partial charge in [0, 0.05) is 18.0 Å². The molecule has 1 aromatic carbocycles. The van der Waals surface area contributed by atoms with E-state index >= 15 is 0 Å². The first kappa shape index (κ1) is 15.1. The van der Waals surface area contributed by atoms with E-state index in [2.05, 4.69) is 15.5 Å². The van der Waals surface area contributed by atoms with Gasteiger partial charge < -0.3 is 16.3 Å². The van der Waals surface area contributed by atoms with Crippen LogP contribution in [0.2, 0.25) is 10.0 Å². The van der Waals surface area contributed by atoms with Gasteiger partial charge in [-0.05, 0) is 24.3 Å². The van der Waals surface area contributed by atoms with E-state index in [0.717, 1.165) is 0 Å². The Morgan fingerprint density at radius 1 is 1.29 bits per heavy atom. The van der Waals surface area contributed by atoms with Gasteiger partial charge >= 0.3 is 0 Å². The Bertz CT molecular complexity index is 719. The summed E-state index contributed by atoms with van der Waals surface area (Å²) in [6.07, 6.45) is 2.84. The molecule has 0 unspecified atom stereocenters. The molecule has 0 aliphatic rings. The molecule has 1 heterocycles. The van der Waals surface area contributed by atoms with E-state index < -0.39 is 5.91 Å². The molecule has 0 fully saturated rings. The highest BCUT2D eigenvalue weighted by Gasteiger charge is 2.12. The fourth-order valence-corrected chi connectivity index (χ4v) is 2.02. The lowest BCUT2D eigenvalue weighted by Crippen LogP contribution is -2.15. The number of nitrogens with one attached hydrogen (secondary N) is 1. The Balaban J connectivity index is 2.25. The van der Waals surface area contributed by atoms with Crippen LogP contribution in [-0.2, 0) is 0 Å². The Kier molecular flexibility index (Phi) is 4.62. The van der Waals surface area contributed by atoms with Crippen molar-refractivity contribution in [3.05, 3.63) is 57.8 Å². The normalized spacial score (nSPS) is 11.2. The lowest BCUT2D eigenvalue weighted by Gasteiger charge is -2.09. The van der Waals surface area contributed by atoms with Crippen LogP contribution in [0.25, 0.3) is 0 Å². The minimum atomic E-state index is -0.416. The molecule has 1 aromatic heterocycles. The molecule has 0 aliphatic carbocycles. The van der Waals surface area contributed by atoms with Crippen molar-refractivity contribution < 1.29 is 10.0 Å². The van der Waals surface area contributed by atoms with E-state index in [9.17, 15) is 4.79 Å². The van der Waals surface area contributed by atoms with Crippen molar-refractivity contribution in [1.29, 1.82) is 0 Å². The van der Waals surface area contributed by atoms with Gasteiger partial charge in [0.25, 0.3) is 5.91 Å². The number of amides is 1. The molecule has 6 nitrogen and oxygen atoms in total. The van der Waals surface area contributed by atoms with Crippen LogP contribution < -0.4 is 11.1 Å². The maximum absolute atomic E-state index is 12.1. The molecule has 4 N–H and O–H groups in total. The van der Waals surface area contributed by atoms with Crippen molar-refractivity contribution in [3.8, 4) is 0 Å². The number of anilines is 1. The topological polar surface area (TPSA) is 101 Å². The third-order valence-electron chi connectivity index (χ3n) is 2.64. The van der Waals surface area contributed by atoms with Crippen LogP contribution in [0.15, 0.2) is 41.8 Å². The van der Waals surface area contributed by atoms with Crippen molar-refractivity contribution in [3.63, 3.8) is 0 Å². The molecule has 108 valence electrons. The standard InChI is InChI=1S/C13H10Cl2N4O2/c14-9-5-7(12(16)19-21)1-2-11(9)18-13(20)8-3-4-17-6-10(8)15/h1-6,21H,(H2,16,19)(H,18,20). The predicted octanol–water partition coefficient (Wildman–Crippen LogP) is 2.74. The predicted molar refractivity (Wildman–Crippen MR) is 81.2 cm³/mol. The average Bonchev–Trinajstić information content (AvgIpc) is 2.48. The van der Waals surface area contributed by atoms with E-state index in [4.69, 9.17) is 34.1 Å². The maximum Gasteiger partial charge on any atom is 0.257 e. The number of nitrogens with two attached hydrogens (primary N) is 1. The molecule has 8 heteroatoms. The van der Waals surface area contributed by atoms with Gasteiger partial charge in [0.1, 0.15) is 0 Å². The molecule has 0 bridgehead atoms. The van der Waals surface area contributed by atoms with Gasteiger partial charge in [-0.3, -0.25) is 9.78 Å². The van der Waals surface area contributed by atoms with Gasteiger partial charge in [-0.1, -0.05) is 28.4 Å². The van der Waals surface area contributed by atoms with Crippen LogP contribution >= 0.6 is 23.2 Å². The first-order valence-corrected chi connectivity index (χ1v) is 6.47. The maximum atomic E-state index is 12.1. The van der Waals surface area contributed by atoms with Crippen LogP contribution in [0, 0.1) is 0 Å². The van der Waals surface area contributed by atoms with Gasteiger partial charge in [-0.25, -0.2) is 0 Å². The SMILES string of the molecule is N/C(=N/O)c1ccc(NC(=O)c2ccncc2Cl)c(Cl)c1. The van der Waals surface area contributed by atoms with Gasteiger partial charge in [-0.2, -0.15) is 0 Å². The summed E-state index contributed by atoms with van der Waals surface area (Å²) in [5.41, 5.74) is 6.55. The molecule has 0 atom stereocenters. The molecule has 2 aromatic rings. The number of rotatable bonds is 3. The van der Waals surface area contributed by atoms with Gasteiger partial charge in [-0.15, -0.1) is 0 Å². The number of nitrogens with zero attached hydrogens (tertiary/aromatic N) is 2. The molecule has 0 saturated heterocycles. The van der Waals surface area contributed by atoms with Crippen LogP contribution in [0.1, 0.15) is 15.9 Å². The summed E-state index contributed by atoms with van der Waals surface area (Å²) < 4.78 is 0. The summed E-state index contributed by atoms with van der Waals surface area (Å²) in [6, 6.07) is 6.07. The molecule has 0 radical (unpaired) electrons. The number of aromatic nitrogens is 1. The monoisotopic (exact) mass is 324 g/mol. The fourth-order valence-electron chi connectivity index (χ4n) is 1.58. The van der Waals surface area contributed by atoms with Crippen molar-refractivity contribution in [2.45, 2.75) is 0 Å². The highest BCUT2D eigenvalue weighted by molar-refractivity contribution is 6.36. The van der Waals surface area contributed by atoms with E-state index in [-0.39, 0.29) is 21.4 Å². The number of carbonyl (C=O) groups excluding carboxylic acids is 1. The zero-order valence-corrected chi connectivity index (χ0v) is 12.1. The largest absolute Gasteiger partial charge is 0.409 e. The lowest BCUT2D eigenvalue weighted by molar-refractivity contribution is 0.102. The third-order valence-corrected chi connectivity index (χ3v) is 3.25. The minimum absolute atomic E-state index is 0.0769. The molecule has 0 saturated carbocycles. The van der Waals surface area contributed by atoms with Crippen molar-refractivity contribution >= 4 is 40.6 Å². The Morgan fingerprint density at radius 3 is 2.67 bits per heavy atom. The first-order valence-electron chi connectivity index (χ1n) is 5.71. The Hall–Kier alpha value is -2.31. The minimum Gasteiger partial charge on any atom is -0.409 e. The number of oxime groups is 1. The van der Waals surface area contributed by atoms with E-state index in [1.165, 1.54) is 24.5 Å². The number of pyridine rings is 1. The second-order valence-electron chi connectivity index (χ2n) is 3.99. The van der Waals surface area contributed by atoms with Gasteiger partial charge in [0.2, 0.25) is 0 Å². The second kappa shape index (κ2) is 6.43. The zero-order valence-electron chi connectivity index (χ0n) is 10.5. The number of amidine groups is 1. The number of benzene rings is 1. The molecule has 1 amide bonds. The van der Waals surface area contributed by atoms with Gasteiger partial charge in [0.15, 0.2) is 5.84 Å². The van der Waals surface area contributed by atoms with Crippen molar-refractivity contribution in [1.82, 2.24) is 4.98 Å². The molecule has 0 aliphatic heterocycles. The second-order valence-corrected chi connectivity index (χ2v) is 4.80. The number of carbonyl (C=O) groups is 1. The highest BCUT2D eigenvalue weighted by atomic mass is 35.5. The number of hydrogen-bond acceptors (Lipinski definition) is 4. The van der Waals surface area contributed by atoms with Gasteiger partial charge in [0.05, 0.1) is 21.3 Å². The van der Waals surface area contributed by atoms with Crippen molar-refractivity contribution in [2.75, 3.05) is 5.32 Å². The van der Waals surface area contributed by atoms with Crippen LogP contribution in [-0.4, -0.2) is 21.9 Å². The quantitative estimate of drug-likeness (QED) is 0.349. The number of hydrogen-bond donors (Lipinski definition) is 3. The summed E-state index contributed by atoms with van der Waals surface area (Å²) in [5, 5.41) is 14.6. The molecular formula is C13H10Cl2N4O2. The van der Waals surface area contributed by atoms with Crippen LogP contribution in [0.4, 0.5) is 5.69 Å². The fraction of sp³-hybridized carbons (Fsp3) is 0. The molecule has 21 heavy (non-hydrogen) atoms. The summed E-state index contributed by atoms with van der Waals surface area (Å²) in [5.74, 6) is -0.493. The average molecular weight is 325 g/mol. The summed E-state index contributed by atoms with van der Waals surface area (Å²) in [4.78, 5) is 15.9. The van der Waals surface area contributed by atoms with Crippen molar-refractivity contribution in [2.24, 2.45) is 10.9 Å². The molecular weight excluding hydrogens is 315 g/mol. The highest BCUT2D eigenvalue weighted by Crippen LogP contribution is 2.24. The summed E-state index contributed by atoms with van der Waals surface area (Å²) in [7, 11) is 0. The van der Waals surface area contributed by atoms with Crippen LogP contribution in [0.5, 0.6) is 0 Å². The van der Waals surface area contributed by atoms with E-state index in [1.807, 2.05) is 0 Å². The third kappa shape index (κ3) is 3.42. The zero-order chi connectivity index (χ0) is 15.4. The lowest BCUT2D eigenvalue weighted by atomic mass is 10.2. The van der Waals surface area contributed by atoms with E-state index in [0.29, 0.717) is 11.3 Å². The molecule has 0 spiro atoms. The Morgan fingerprint density at radius 2 is 2.05 bits per heavy atom. The number of halogens is 2. The van der Waals surface area contributed by atoms with Crippen LogP contribution in [0.3, 0.4) is 0 Å². The Labute approximate surface area is 130 Å². The van der Waals surface area contributed by atoms with E-state index in [1.54, 1.807) is 12.1 Å². The summed E-state index contributed by atoms with van der Waals surface area (Å²) >= 11 is 11.9. The molecule has 2 rings (SSSR count). The summed E-state index contributed by atoms with van der Waals surface area (Å²) in [6.45, 7) is 0. The smallest absolute Gasteiger partial charge is 0.257 e.